The van der Waals surface area contributed by atoms with E-state index in [9.17, 15) is 9.59 Å². The van der Waals surface area contributed by atoms with Crippen LogP contribution in [0.3, 0.4) is 0 Å². The lowest BCUT2D eigenvalue weighted by atomic mass is 9.93. The van der Waals surface area contributed by atoms with Crippen molar-refractivity contribution in [3.8, 4) is 0 Å². The monoisotopic (exact) mass is 342 g/mol. The molecule has 0 saturated carbocycles. The number of unbranched alkanes of at least 4 members (excludes halogenated alkanes) is 5. The van der Waals surface area contributed by atoms with Crippen molar-refractivity contribution in [1.82, 2.24) is 0 Å². The Morgan fingerprint density at radius 2 is 1.42 bits per heavy atom. The van der Waals surface area contributed by atoms with E-state index in [1.165, 1.54) is 12.8 Å². The Hall–Kier alpha value is -1.06. The van der Waals surface area contributed by atoms with Crippen molar-refractivity contribution in [2.75, 3.05) is 13.2 Å². The first kappa shape index (κ1) is 22.9. The first-order valence-electron chi connectivity index (χ1n) is 9.74. The fourth-order valence-corrected chi connectivity index (χ4v) is 2.41. The highest BCUT2D eigenvalue weighted by atomic mass is 16.6. The van der Waals surface area contributed by atoms with Crippen LogP contribution >= 0.6 is 0 Å². The Bertz CT molecular complexity index is 350. The van der Waals surface area contributed by atoms with Gasteiger partial charge in [-0.15, -0.1) is 0 Å². The summed E-state index contributed by atoms with van der Waals surface area (Å²) in [5.74, 6) is -0.586. The van der Waals surface area contributed by atoms with Crippen LogP contribution in [0.5, 0.6) is 0 Å². The predicted molar refractivity (Wildman–Crippen MR) is 97.8 cm³/mol. The Morgan fingerprint density at radius 1 is 0.833 bits per heavy atom. The van der Waals surface area contributed by atoms with E-state index in [1.807, 2.05) is 0 Å². The molecule has 0 aliphatic carbocycles. The quantitative estimate of drug-likeness (QED) is 0.245. The summed E-state index contributed by atoms with van der Waals surface area (Å²) in [6, 6.07) is 0. The van der Waals surface area contributed by atoms with Crippen molar-refractivity contribution < 1.29 is 19.1 Å². The fraction of sp³-hybridized carbons (Fsp3) is 0.900. The second-order valence-corrected chi connectivity index (χ2v) is 7.19. The third-order valence-corrected chi connectivity index (χ3v) is 4.50. The van der Waals surface area contributed by atoms with Crippen LogP contribution in [0.25, 0.3) is 0 Å². The van der Waals surface area contributed by atoms with E-state index in [-0.39, 0.29) is 0 Å². The summed E-state index contributed by atoms with van der Waals surface area (Å²) >= 11 is 0. The molecule has 0 fully saturated rings. The topological polar surface area (TPSA) is 52.6 Å². The van der Waals surface area contributed by atoms with Gasteiger partial charge in [-0.1, -0.05) is 65.7 Å². The van der Waals surface area contributed by atoms with Crippen LogP contribution < -0.4 is 0 Å². The van der Waals surface area contributed by atoms with E-state index in [0.717, 1.165) is 44.9 Å². The lowest BCUT2D eigenvalue weighted by Crippen LogP contribution is -2.37. The maximum atomic E-state index is 12.3. The van der Waals surface area contributed by atoms with Gasteiger partial charge in [0.05, 0.1) is 13.2 Å². The molecule has 0 N–H and O–H groups in total. The first-order chi connectivity index (χ1) is 11.4. The van der Waals surface area contributed by atoms with Gasteiger partial charge in [0.15, 0.2) is 5.41 Å². The van der Waals surface area contributed by atoms with E-state index in [2.05, 4.69) is 20.8 Å². The minimum Gasteiger partial charge on any atom is -0.465 e. The SMILES string of the molecule is CCCCCCCOC(=O)C(C)(C)C(=O)OCC(CC)CCCC. The Balaban J connectivity index is 4.17. The summed E-state index contributed by atoms with van der Waals surface area (Å²) in [7, 11) is 0. The maximum Gasteiger partial charge on any atom is 0.322 e. The Kier molecular flexibility index (Phi) is 12.7. The van der Waals surface area contributed by atoms with E-state index in [0.29, 0.717) is 19.1 Å². The van der Waals surface area contributed by atoms with Gasteiger partial charge in [-0.2, -0.15) is 0 Å². The summed E-state index contributed by atoms with van der Waals surface area (Å²) in [5, 5.41) is 0. The number of carbonyl (C=O) groups excluding carboxylic acids is 2. The summed E-state index contributed by atoms with van der Waals surface area (Å²) in [4.78, 5) is 24.4. The third kappa shape index (κ3) is 9.29. The minimum atomic E-state index is -1.23. The van der Waals surface area contributed by atoms with Gasteiger partial charge in [-0.3, -0.25) is 9.59 Å². The molecule has 0 spiro atoms. The molecule has 0 aromatic heterocycles. The van der Waals surface area contributed by atoms with Crippen LogP contribution in [0.1, 0.15) is 92.4 Å². The molecule has 4 heteroatoms. The van der Waals surface area contributed by atoms with Crippen LogP contribution in [0.15, 0.2) is 0 Å². The number of hydrogen-bond acceptors (Lipinski definition) is 4. The van der Waals surface area contributed by atoms with Gasteiger partial charge in [0.2, 0.25) is 0 Å². The van der Waals surface area contributed by atoms with Crippen LogP contribution in [0.2, 0.25) is 0 Å². The van der Waals surface area contributed by atoms with Crippen LogP contribution in [-0.4, -0.2) is 25.2 Å². The zero-order chi connectivity index (χ0) is 18.4. The second-order valence-electron chi connectivity index (χ2n) is 7.19. The normalized spacial score (nSPS) is 12.7. The molecule has 0 heterocycles. The molecule has 0 aliphatic heterocycles. The van der Waals surface area contributed by atoms with Gasteiger partial charge in [0, 0.05) is 0 Å². The van der Waals surface area contributed by atoms with Gasteiger partial charge in [-0.05, 0) is 32.6 Å². The zero-order valence-electron chi connectivity index (χ0n) is 16.5. The average molecular weight is 343 g/mol. The molecule has 0 saturated heterocycles. The highest BCUT2D eigenvalue weighted by Crippen LogP contribution is 2.22. The predicted octanol–water partition coefficient (Wildman–Crippen LogP) is 5.29. The van der Waals surface area contributed by atoms with E-state index in [1.54, 1.807) is 13.8 Å². The number of rotatable bonds is 14. The smallest absolute Gasteiger partial charge is 0.322 e. The van der Waals surface area contributed by atoms with E-state index in [4.69, 9.17) is 9.47 Å². The Labute approximate surface area is 148 Å². The molecule has 0 radical (unpaired) electrons. The minimum absolute atomic E-state index is 0.374. The van der Waals surface area contributed by atoms with Crippen molar-refractivity contribution >= 4 is 11.9 Å². The van der Waals surface area contributed by atoms with Crippen LogP contribution in [0.4, 0.5) is 0 Å². The van der Waals surface area contributed by atoms with Crippen molar-refractivity contribution in [3.63, 3.8) is 0 Å². The molecule has 1 atom stereocenters. The number of carbonyl (C=O) groups is 2. The lowest BCUT2D eigenvalue weighted by molar-refractivity contribution is -0.170. The standard InChI is InChI=1S/C20H38O4/c1-6-9-11-12-13-15-23-18(21)20(4,5)19(22)24-16-17(8-3)14-10-7-2/h17H,6-16H2,1-5H3. The summed E-state index contributed by atoms with van der Waals surface area (Å²) in [5.41, 5.74) is -1.23. The van der Waals surface area contributed by atoms with Crippen LogP contribution in [0, 0.1) is 11.3 Å². The largest absolute Gasteiger partial charge is 0.465 e. The second kappa shape index (κ2) is 13.3. The van der Waals surface area contributed by atoms with Crippen LogP contribution in [-0.2, 0) is 19.1 Å². The molecule has 4 nitrogen and oxygen atoms in total. The third-order valence-electron chi connectivity index (χ3n) is 4.50. The van der Waals surface area contributed by atoms with Crippen molar-refractivity contribution in [2.24, 2.45) is 11.3 Å². The lowest BCUT2D eigenvalue weighted by Gasteiger charge is -2.22. The molecule has 0 aromatic carbocycles. The highest BCUT2D eigenvalue weighted by molar-refractivity contribution is 5.99. The average Bonchev–Trinajstić information content (AvgIpc) is 2.57. The first-order valence-corrected chi connectivity index (χ1v) is 9.74. The van der Waals surface area contributed by atoms with Gasteiger partial charge in [0.25, 0.3) is 0 Å². The van der Waals surface area contributed by atoms with Crippen molar-refractivity contribution in [3.05, 3.63) is 0 Å². The molecule has 0 amide bonds. The number of esters is 2. The fourth-order valence-electron chi connectivity index (χ4n) is 2.41. The molecule has 24 heavy (non-hydrogen) atoms. The molecule has 0 rings (SSSR count). The van der Waals surface area contributed by atoms with Gasteiger partial charge < -0.3 is 9.47 Å². The molecular formula is C20H38O4. The molecule has 0 aliphatic rings. The van der Waals surface area contributed by atoms with Gasteiger partial charge in [-0.25, -0.2) is 0 Å². The van der Waals surface area contributed by atoms with E-state index < -0.39 is 17.4 Å². The Morgan fingerprint density at radius 3 is 2.00 bits per heavy atom. The molecule has 1 unspecified atom stereocenters. The molecule has 0 aromatic rings. The summed E-state index contributed by atoms with van der Waals surface area (Å²) in [6.45, 7) is 10.4. The number of ether oxygens (including phenoxy) is 2. The molecule has 142 valence electrons. The van der Waals surface area contributed by atoms with E-state index >= 15 is 0 Å². The van der Waals surface area contributed by atoms with Gasteiger partial charge >= 0.3 is 11.9 Å². The maximum absolute atomic E-state index is 12.3. The van der Waals surface area contributed by atoms with Crippen molar-refractivity contribution in [2.45, 2.75) is 92.4 Å². The highest BCUT2D eigenvalue weighted by Gasteiger charge is 2.39. The summed E-state index contributed by atoms with van der Waals surface area (Å²) < 4.78 is 10.7. The molecular weight excluding hydrogens is 304 g/mol. The molecule has 0 bridgehead atoms. The summed E-state index contributed by atoms with van der Waals surface area (Å²) in [6.07, 6.45) is 9.79. The number of hydrogen-bond donors (Lipinski definition) is 0. The van der Waals surface area contributed by atoms with Gasteiger partial charge in [0.1, 0.15) is 0 Å². The zero-order valence-corrected chi connectivity index (χ0v) is 16.5. The van der Waals surface area contributed by atoms with Crippen molar-refractivity contribution in [1.29, 1.82) is 0 Å².